The molecule has 0 rings (SSSR count). The monoisotopic (exact) mass is 748 g/mol. The summed E-state index contributed by atoms with van der Waals surface area (Å²) in [6, 6.07) is -1.01. The van der Waals surface area contributed by atoms with E-state index in [1.54, 1.807) is 0 Å². The fourth-order valence-corrected chi connectivity index (χ4v) is 6.91. The molecule has 6 nitrogen and oxygen atoms in total. The molecule has 0 bridgehead atoms. The summed E-state index contributed by atoms with van der Waals surface area (Å²) in [6.07, 6.45) is 48.9. The molecule has 0 spiro atoms. The molecule has 0 fully saturated rings. The molecule has 1 amide bonds. The first-order chi connectivity index (χ1) is 26.0. The van der Waals surface area contributed by atoms with Crippen LogP contribution in [0.15, 0.2) is 36.5 Å². The second-order valence-electron chi connectivity index (χ2n) is 15.7. The van der Waals surface area contributed by atoms with Gasteiger partial charge in [0.2, 0.25) is 5.91 Å². The van der Waals surface area contributed by atoms with E-state index in [-0.39, 0.29) is 0 Å². The van der Waals surface area contributed by atoms with E-state index in [1.807, 2.05) is 0 Å². The lowest BCUT2D eigenvalue weighted by Crippen LogP contribution is -2.53. The highest BCUT2D eigenvalue weighted by Gasteiger charge is 2.28. The maximum atomic E-state index is 12.5. The molecular weight excluding hydrogens is 659 g/mol. The van der Waals surface area contributed by atoms with E-state index in [9.17, 15) is 25.2 Å². The van der Waals surface area contributed by atoms with Crippen molar-refractivity contribution in [2.75, 3.05) is 6.61 Å². The van der Waals surface area contributed by atoms with Crippen molar-refractivity contribution in [1.29, 1.82) is 0 Å². The number of aliphatic hydroxyl groups is 4. The summed E-state index contributed by atoms with van der Waals surface area (Å²) in [5.74, 6) is -0.598. The molecule has 0 aromatic rings. The quantitative estimate of drug-likeness (QED) is 0.0316. The molecule has 6 heteroatoms. The summed E-state index contributed by atoms with van der Waals surface area (Å²) >= 11 is 0. The lowest BCUT2D eigenvalue weighted by Gasteiger charge is -2.27. The number of hydrogen-bond acceptors (Lipinski definition) is 5. The Kier molecular flexibility index (Phi) is 40.5. The molecular formula is C47H89NO5. The van der Waals surface area contributed by atoms with E-state index in [4.69, 9.17) is 0 Å². The molecule has 0 aliphatic heterocycles. The van der Waals surface area contributed by atoms with Crippen molar-refractivity contribution < 1.29 is 25.2 Å². The highest BCUT2D eigenvalue weighted by Crippen LogP contribution is 2.16. The highest BCUT2D eigenvalue weighted by atomic mass is 16.3. The Hall–Kier alpha value is -1.47. The minimum absolute atomic E-state index is 0.361. The summed E-state index contributed by atoms with van der Waals surface area (Å²) in [6.45, 7) is 4.03. The smallest absolute Gasteiger partial charge is 0.249 e. The standard InChI is InChI=1S/C47H89NO5/c1-3-5-7-9-11-13-15-17-19-21-23-25-26-28-30-32-34-36-38-40-44(50)46(52)43(42-49)48-47(53)45(51)41-39-37-35-33-31-29-27-24-22-20-18-16-14-12-10-8-6-4-2/h17,19,25-26,32,34,43-46,49-52H,3-16,18,20-24,27-31,33,35-42H2,1-2H3,(H,48,53)/b19-17+,26-25+,34-32+. The lowest BCUT2D eigenvalue weighted by molar-refractivity contribution is -0.132. The molecule has 5 N–H and O–H groups in total. The maximum Gasteiger partial charge on any atom is 0.249 e. The first kappa shape index (κ1) is 51.5. The van der Waals surface area contributed by atoms with Crippen LogP contribution in [0.2, 0.25) is 0 Å². The van der Waals surface area contributed by atoms with Crippen LogP contribution in [0.3, 0.4) is 0 Å². The molecule has 0 saturated heterocycles. The molecule has 0 aromatic carbocycles. The summed E-state index contributed by atoms with van der Waals surface area (Å²) in [7, 11) is 0. The van der Waals surface area contributed by atoms with Gasteiger partial charge in [0, 0.05) is 0 Å². The maximum absolute atomic E-state index is 12.5. The Morgan fingerprint density at radius 3 is 1.19 bits per heavy atom. The van der Waals surface area contributed by atoms with Crippen LogP contribution in [0.4, 0.5) is 0 Å². The molecule has 4 unspecified atom stereocenters. The zero-order valence-electron chi connectivity index (χ0n) is 35.0. The van der Waals surface area contributed by atoms with Gasteiger partial charge in [0.1, 0.15) is 12.2 Å². The fraction of sp³-hybridized carbons (Fsp3) is 0.851. The molecule has 0 aliphatic rings. The second-order valence-corrected chi connectivity index (χ2v) is 15.7. The molecule has 0 aromatic heterocycles. The molecule has 0 aliphatic carbocycles. The topological polar surface area (TPSA) is 110 Å². The normalized spacial score (nSPS) is 14.5. The highest BCUT2D eigenvalue weighted by molar-refractivity contribution is 5.80. The van der Waals surface area contributed by atoms with Gasteiger partial charge in [-0.3, -0.25) is 4.79 Å². The Labute approximate surface area is 328 Å². The van der Waals surface area contributed by atoms with Crippen molar-refractivity contribution in [2.45, 2.75) is 250 Å². The van der Waals surface area contributed by atoms with Crippen LogP contribution < -0.4 is 5.32 Å². The van der Waals surface area contributed by atoms with Gasteiger partial charge in [-0.1, -0.05) is 198 Å². The van der Waals surface area contributed by atoms with E-state index in [1.165, 1.54) is 141 Å². The van der Waals surface area contributed by atoms with Gasteiger partial charge >= 0.3 is 0 Å². The molecule has 53 heavy (non-hydrogen) atoms. The van der Waals surface area contributed by atoms with Gasteiger partial charge in [0.05, 0.1) is 18.8 Å². The third-order valence-corrected chi connectivity index (χ3v) is 10.6. The molecule has 312 valence electrons. The minimum Gasteiger partial charge on any atom is -0.394 e. The molecule has 4 atom stereocenters. The summed E-state index contributed by atoms with van der Waals surface area (Å²) in [4.78, 5) is 12.5. The first-order valence-corrected chi connectivity index (χ1v) is 22.9. The van der Waals surface area contributed by atoms with Crippen LogP contribution in [-0.2, 0) is 4.79 Å². The Morgan fingerprint density at radius 2 is 0.792 bits per heavy atom. The first-order valence-electron chi connectivity index (χ1n) is 22.9. The van der Waals surface area contributed by atoms with Crippen LogP contribution >= 0.6 is 0 Å². The molecule has 0 heterocycles. The third-order valence-electron chi connectivity index (χ3n) is 10.6. The number of carbonyl (C=O) groups is 1. The number of aliphatic hydroxyl groups excluding tert-OH is 4. The van der Waals surface area contributed by atoms with E-state index in [2.05, 4.69) is 55.6 Å². The van der Waals surface area contributed by atoms with Crippen molar-refractivity contribution in [1.82, 2.24) is 5.32 Å². The zero-order chi connectivity index (χ0) is 38.9. The zero-order valence-corrected chi connectivity index (χ0v) is 35.0. The third kappa shape index (κ3) is 36.0. The Bertz CT molecular complexity index is 843. The average Bonchev–Trinajstić information content (AvgIpc) is 3.16. The van der Waals surface area contributed by atoms with Crippen molar-refractivity contribution in [2.24, 2.45) is 0 Å². The number of unbranched alkanes of at least 4 members (excludes halogenated alkanes) is 26. The summed E-state index contributed by atoms with van der Waals surface area (Å²) < 4.78 is 0. The summed E-state index contributed by atoms with van der Waals surface area (Å²) in [5.41, 5.74) is 0. The second kappa shape index (κ2) is 41.7. The largest absolute Gasteiger partial charge is 0.394 e. The SMILES string of the molecule is CCCCCCCC/C=C/CC/C=C/CC/C=C/CCCC(O)C(O)C(CO)NC(=O)C(O)CCCCCCCCCCCCCCCCCCCC. The number of nitrogens with one attached hydrogen (secondary N) is 1. The molecule has 0 radical (unpaired) electrons. The van der Waals surface area contributed by atoms with Gasteiger partial charge in [-0.2, -0.15) is 0 Å². The van der Waals surface area contributed by atoms with Gasteiger partial charge in [0.15, 0.2) is 0 Å². The van der Waals surface area contributed by atoms with Crippen LogP contribution in [-0.4, -0.2) is 57.3 Å². The van der Waals surface area contributed by atoms with Gasteiger partial charge in [0.25, 0.3) is 0 Å². The van der Waals surface area contributed by atoms with Crippen molar-refractivity contribution in [3.05, 3.63) is 36.5 Å². The van der Waals surface area contributed by atoms with Crippen molar-refractivity contribution >= 4 is 5.91 Å². The van der Waals surface area contributed by atoms with Gasteiger partial charge in [-0.15, -0.1) is 0 Å². The van der Waals surface area contributed by atoms with Crippen molar-refractivity contribution in [3.8, 4) is 0 Å². The van der Waals surface area contributed by atoms with Gasteiger partial charge in [-0.05, 0) is 64.2 Å². The summed E-state index contributed by atoms with van der Waals surface area (Å²) in [5, 5.41) is 43.7. The van der Waals surface area contributed by atoms with Crippen LogP contribution in [0.1, 0.15) is 226 Å². The van der Waals surface area contributed by atoms with Crippen LogP contribution in [0.25, 0.3) is 0 Å². The van der Waals surface area contributed by atoms with Gasteiger partial charge < -0.3 is 25.7 Å². The predicted octanol–water partition coefficient (Wildman–Crippen LogP) is 12.1. The number of allylic oxidation sites excluding steroid dienone is 6. The molecule has 0 saturated carbocycles. The minimum atomic E-state index is -1.29. The van der Waals surface area contributed by atoms with Crippen molar-refractivity contribution in [3.63, 3.8) is 0 Å². The number of carbonyl (C=O) groups excluding carboxylic acids is 1. The Balaban J connectivity index is 3.80. The Morgan fingerprint density at radius 1 is 0.453 bits per heavy atom. The van der Waals surface area contributed by atoms with E-state index in [0.29, 0.717) is 19.3 Å². The predicted molar refractivity (Wildman–Crippen MR) is 228 cm³/mol. The number of rotatable bonds is 41. The van der Waals surface area contributed by atoms with E-state index < -0.39 is 36.9 Å². The lowest BCUT2D eigenvalue weighted by atomic mass is 10.00. The average molecular weight is 748 g/mol. The van der Waals surface area contributed by atoms with Crippen LogP contribution in [0, 0.1) is 0 Å². The number of amides is 1. The van der Waals surface area contributed by atoms with E-state index in [0.717, 1.165) is 51.4 Å². The fourth-order valence-electron chi connectivity index (χ4n) is 6.91. The van der Waals surface area contributed by atoms with Gasteiger partial charge in [-0.25, -0.2) is 0 Å². The number of hydrogen-bond donors (Lipinski definition) is 5. The van der Waals surface area contributed by atoms with Crippen LogP contribution in [0.5, 0.6) is 0 Å². The van der Waals surface area contributed by atoms with E-state index >= 15 is 0 Å².